The monoisotopic (exact) mass is 708 g/mol. The Morgan fingerprint density at radius 1 is 0.709 bits per heavy atom. The molecule has 0 amide bonds. The molecule has 3 aliphatic carbocycles. The molecule has 55 heavy (non-hydrogen) atoms. The molecule has 0 saturated carbocycles. The normalized spacial score (nSPS) is 18.5. The zero-order valence-electron chi connectivity index (χ0n) is 30.9. The van der Waals surface area contributed by atoms with Crippen LogP contribution in [0.4, 0.5) is 11.4 Å². The summed E-state index contributed by atoms with van der Waals surface area (Å²) in [6.07, 6.45) is 11.9. The van der Waals surface area contributed by atoms with E-state index in [4.69, 9.17) is 10.7 Å². The van der Waals surface area contributed by atoms with Crippen LogP contribution in [0.1, 0.15) is 41.7 Å². The summed E-state index contributed by atoms with van der Waals surface area (Å²) >= 11 is 0. The minimum atomic E-state index is -0.0525. The molecule has 4 heteroatoms. The number of allylic oxidation sites excluding steroid dienone is 3. The standard InChI is InChI=1S/C51H40N4/c1-51(2)43-22-12-11-19-37(43)38-25-24-32(31-44(38)51)30-33-14-6-13-23-45(33)53-50(52)55-48-41-28-29-54(34-15-4-3-5-16-34)46(41)27-26-42(48)47-39-20-9-7-17-35(39)36-18-8-10-21-40(36)49(47)55/h3-29,31,40,49H,30H2,1-2H3,(H2,52,53). The van der Waals surface area contributed by atoms with Crippen molar-refractivity contribution in [2.75, 3.05) is 4.90 Å². The van der Waals surface area contributed by atoms with Crippen molar-refractivity contribution in [2.24, 2.45) is 16.6 Å². The number of guanidine groups is 1. The largest absolute Gasteiger partial charge is 0.369 e. The van der Waals surface area contributed by atoms with Gasteiger partial charge in [-0.2, -0.15) is 0 Å². The molecular weight excluding hydrogens is 669 g/mol. The number of nitrogens with zero attached hydrogens (tertiary/aromatic N) is 3. The molecule has 6 aromatic carbocycles. The predicted octanol–water partition coefficient (Wildman–Crippen LogP) is 9.47. The van der Waals surface area contributed by atoms with Crippen LogP contribution in [0.5, 0.6) is 0 Å². The number of hydrogen-bond acceptors (Lipinski definition) is 1. The summed E-state index contributed by atoms with van der Waals surface area (Å²) in [5.74, 6) is 0.609. The molecule has 2 atom stereocenters. The van der Waals surface area contributed by atoms with Crippen LogP contribution < -0.4 is 21.1 Å². The van der Waals surface area contributed by atoms with Crippen molar-refractivity contribution in [1.82, 2.24) is 4.57 Å². The van der Waals surface area contributed by atoms with Gasteiger partial charge in [0.05, 0.1) is 22.9 Å². The first-order valence-electron chi connectivity index (χ1n) is 19.3. The Bertz CT molecular complexity index is 2960. The highest BCUT2D eigenvalue weighted by atomic mass is 15.3. The zero-order chi connectivity index (χ0) is 36.8. The van der Waals surface area contributed by atoms with Gasteiger partial charge in [0.15, 0.2) is 0 Å². The SMILES string of the molecule is CC1(C)c2ccccc2-c2ccc(Cc3ccccc3N=C(N)N3c4c(ccc5c4ccn5-c4ccccc4)C4=c5ccccc5=C5C=CC=CC5C43)cc21. The van der Waals surface area contributed by atoms with Gasteiger partial charge in [-0.25, -0.2) is 4.99 Å². The van der Waals surface area contributed by atoms with E-state index in [1.807, 2.05) is 0 Å². The number of para-hydroxylation sites is 2. The fourth-order valence-electron chi connectivity index (χ4n) is 9.92. The van der Waals surface area contributed by atoms with Gasteiger partial charge in [-0.05, 0) is 91.7 Å². The summed E-state index contributed by atoms with van der Waals surface area (Å²) < 4.78 is 2.27. The van der Waals surface area contributed by atoms with E-state index in [1.54, 1.807) is 0 Å². The second kappa shape index (κ2) is 11.9. The molecule has 2 N–H and O–H groups in total. The molecule has 0 saturated heterocycles. The fraction of sp³-hybridized carbons (Fsp3) is 0.118. The van der Waals surface area contributed by atoms with Crippen LogP contribution in [0, 0.1) is 5.92 Å². The molecule has 0 bridgehead atoms. The highest BCUT2D eigenvalue weighted by Crippen LogP contribution is 2.50. The van der Waals surface area contributed by atoms with Gasteiger partial charge in [0, 0.05) is 34.2 Å². The smallest absolute Gasteiger partial charge is 0.201 e. The van der Waals surface area contributed by atoms with Crippen LogP contribution in [-0.2, 0) is 11.8 Å². The zero-order valence-corrected chi connectivity index (χ0v) is 30.9. The van der Waals surface area contributed by atoms with Crippen LogP contribution in [0.15, 0.2) is 175 Å². The van der Waals surface area contributed by atoms with Crippen molar-refractivity contribution < 1.29 is 0 Å². The van der Waals surface area contributed by atoms with E-state index in [2.05, 4.69) is 193 Å². The van der Waals surface area contributed by atoms with Gasteiger partial charge in [-0.1, -0.05) is 147 Å². The summed E-state index contributed by atoms with van der Waals surface area (Å²) in [5, 5.41) is 3.71. The average molecular weight is 709 g/mol. The Labute approximate surface area is 321 Å². The molecule has 0 radical (unpaired) electrons. The van der Waals surface area contributed by atoms with Crippen LogP contribution >= 0.6 is 0 Å². The third-order valence-corrected chi connectivity index (χ3v) is 12.4. The van der Waals surface area contributed by atoms with Crippen LogP contribution in [0.2, 0.25) is 0 Å². The van der Waals surface area contributed by atoms with Crippen molar-refractivity contribution in [3.05, 3.63) is 208 Å². The molecule has 4 aliphatic rings. The van der Waals surface area contributed by atoms with Crippen molar-refractivity contribution >= 4 is 39.4 Å². The Morgan fingerprint density at radius 3 is 2.35 bits per heavy atom. The molecule has 11 rings (SSSR count). The Balaban J connectivity index is 1.07. The van der Waals surface area contributed by atoms with Gasteiger partial charge in [-0.3, -0.25) is 0 Å². The summed E-state index contributed by atoms with van der Waals surface area (Å²) in [7, 11) is 0. The third-order valence-electron chi connectivity index (χ3n) is 12.4. The number of aromatic nitrogens is 1. The molecule has 0 spiro atoms. The first-order valence-corrected chi connectivity index (χ1v) is 19.3. The third kappa shape index (κ3) is 4.67. The van der Waals surface area contributed by atoms with Gasteiger partial charge >= 0.3 is 0 Å². The quantitative estimate of drug-likeness (QED) is 0.146. The van der Waals surface area contributed by atoms with E-state index < -0.39 is 0 Å². The number of hydrogen-bond donors (Lipinski definition) is 1. The molecule has 1 aliphatic heterocycles. The Hall–Kier alpha value is -6.65. The minimum absolute atomic E-state index is 0.0522. The summed E-state index contributed by atoms with van der Waals surface area (Å²) in [6, 6.07) is 50.5. The minimum Gasteiger partial charge on any atom is -0.369 e. The lowest BCUT2D eigenvalue weighted by Crippen LogP contribution is -2.51. The summed E-state index contributed by atoms with van der Waals surface area (Å²) in [6.45, 7) is 4.68. The lowest BCUT2D eigenvalue weighted by molar-refractivity contribution is 0.659. The van der Waals surface area contributed by atoms with Crippen molar-refractivity contribution in [3.8, 4) is 16.8 Å². The van der Waals surface area contributed by atoms with Gasteiger partial charge in [-0.15, -0.1) is 0 Å². The van der Waals surface area contributed by atoms with Gasteiger partial charge in [0.2, 0.25) is 5.96 Å². The predicted molar refractivity (Wildman–Crippen MR) is 227 cm³/mol. The summed E-state index contributed by atoms with van der Waals surface area (Å²) in [4.78, 5) is 7.72. The first-order chi connectivity index (χ1) is 27.0. The highest BCUT2D eigenvalue weighted by Gasteiger charge is 2.45. The number of nitrogens with two attached hydrogens (primary N) is 1. The Kier molecular flexibility index (Phi) is 6.90. The molecule has 4 nitrogen and oxygen atoms in total. The maximum Gasteiger partial charge on any atom is 0.201 e. The number of anilines is 1. The Morgan fingerprint density at radius 2 is 1.45 bits per heavy atom. The van der Waals surface area contributed by atoms with E-state index in [-0.39, 0.29) is 17.4 Å². The van der Waals surface area contributed by atoms with Crippen molar-refractivity contribution in [2.45, 2.75) is 31.7 Å². The fourth-order valence-corrected chi connectivity index (χ4v) is 9.92. The van der Waals surface area contributed by atoms with E-state index in [0.717, 1.165) is 39.9 Å². The van der Waals surface area contributed by atoms with Gasteiger partial charge in [0.25, 0.3) is 0 Å². The number of fused-ring (bicyclic) bond motifs is 11. The van der Waals surface area contributed by atoms with Gasteiger partial charge in [0.1, 0.15) is 0 Å². The molecule has 2 heterocycles. The maximum absolute atomic E-state index is 7.41. The number of benzene rings is 6. The number of rotatable bonds is 4. The molecule has 7 aromatic rings. The van der Waals surface area contributed by atoms with E-state index in [9.17, 15) is 0 Å². The van der Waals surface area contributed by atoms with E-state index in [0.29, 0.717) is 5.96 Å². The second-order valence-electron chi connectivity index (χ2n) is 15.7. The van der Waals surface area contributed by atoms with Crippen LogP contribution in [-0.4, -0.2) is 16.6 Å². The first kappa shape index (κ1) is 31.8. The van der Waals surface area contributed by atoms with E-state index in [1.165, 1.54) is 55.0 Å². The molecular formula is C51H40N4. The van der Waals surface area contributed by atoms with E-state index >= 15 is 0 Å². The average Bonchev–Trinajstić information content (AvgIpc) is 3.88. The van der Waals surface area contributed by atoms with Crippen molar-refractivity contribution in [1.29, 1.82) is 0 Å². The summed E-state index contributed by atoms with van der Waals surface area (Å²) in [5.41, 5.74) is 23.4. The lowest BCUT2D eigenvalue weighted by atomic mass is 9.77. The topological polar surface area (TPSA) is 46.5 Å². The second-order valence-corrected chi connectivity index (χ2v) is 15.7. The molecule has 0 fully saturated rings. The molecule has 264 valence electrons. The maximum atomic E-state index is 7.41. The molecule has 1 aromatic heterocycles. The van der Waals surface area contributed by atoms with Crippen molar-refractivity contribution in [3.63, 3.8) is 0 Å². The van der Waals surface area contributed by atoms with Crippen LogP contribution in [0.3, 0.4) is 0 Å². The highest BCUT2D eigenvalue weighted by molar-refractivity contribution is 6.15. The number of aliphatic imine (C=N–C) groups is 1. The van der Waals surface area contributed by atoms with Crippen LogP contribution in [0.25, 0.3) is 38.9 Å². The molecule has 2 unspecified atom stereocenters. The lowest BCUT2D eigenvalue weighted by Gasteiger charge is -2.36. The van der Waals surface area contributed by atoms with Gasteiger partial charge < -0.3 is 15.2 Å².